The van der Waals surface area contributed by atoms with Gasteiger partial charge in [-0.25, -0.2) is 0 Å². The van der Waals surface area contributed by atoms with Crippen molar-refractivity contribution in [3.63, 3.8) is 0 Å². The molecular formula is C9H18N2O3. The van der Waals surface area contributed by atoms with E-state index >= 15 is 0 Å². The van der Waals surface area contributed by atoms with Gasteiger partial charge in [0.1, 0.15) is 6.04 Å². The molecule has 1 aliphatic heterocycles. The van der Waals surface area contributed by atoms with Gasteiger partial charge in [-0.1, -0.05) is 0 Å². The summed E-state index contributed by atoms with van der Waals surface area (Å²) < 4.78 is 0. The van der Waals surface area contributed by atoms with E-state index < -0.39 is 12.0 Å². The number of carboxylic acids is 1. The SMILES string of the molecule is CON1CCC(CC(N)C(=O)O)CC1. The van der Waals surface area contributed by atoms with Crippen LogP contribution in [0.5, 0.6) is 0 Å². The fourth-order valence-corrected chi connectivity index (χ4v) is 1.79. The van der Waals surface area contributed by atoms with Gasteiger partial charge in [0.15, 0.2) is 0 Å². The lowest BCUT2D eigenvalue weighted by Crippen LogP contribution is -2.37. The van der Waals surface area contributed by atoms with Crippen molar-refractivity contribution < 1.29 is 14.7 Å². The number of nitrogens with zero attached hydrogens (tertiary/aromatic N) is 1. The number of nitrogens with two attached hydrogens (primary N) is 1. The van der Waals surface area contributed by atoms with Crippen LogP contribution in [0.2, 0.25) is 0 Å². The number of aliphatic carboxylic acids is 1. The van der Waals surface area contributed by atoms with E-state index in [0.717, 1.165) is 25.9 Å². The van der Waals surface area contributed by atoms with Crippen molar-refractivity contribution in [1.82, 2.24) is 5.06 Å². The Balaban J connectivity index is 2.25. The summed E-state index contributed by atoms with van der Waals surface area (Å²) >= 11 is 0. The molecule has 5 nitrogen and oxygen atoms in total. The molecule has 0 radical (unpaired) electrons. The molecule has 14 heavy (non-hydrogen) atoms. The third kappa shape index (κ3) is 3.25. The summed E-state index contributed by atoms with van der Waals surface area (Å²) in [4.78, 5) is 15.6. The zero-order chi connectivity index (χ0) is 10.6. The first-order chi connectivity index (χ1) is 6.63. The van der Waals surface area contributed by atoms with Crippen molar-refractivity contribution in [2.45, 2.75) is 25.3 Å². The molecule has 0 amide bonds. The first kappa shape index (κ1) is 11.4. The minimum atomic E-state index is -0.904. The maximum absolute atomic E-state index is 10.5. The molecule has 1 heterocycles. The van der Waals surface area contributed by atoms with Gasteiger partial charge in [0.25, 0.3) is 0 Å². The summed E-state index contributed by atoms with van der Waals surface area (Å²) in [7, 11) is 1.66. The van der Waals surface area contributed by atoms with Crippen LogP contribution in [0, 0.1) is 5.92 Å². The number of hydrogen-bond acceptors (Lipinski definition) is 4. The topological polar surface area (TPSA) is 75.8 Å². The molecular weight excluding hydrogens is 184 g/mol. The van der Waals surface area contributed by atoms with Crippen LogP contribution in [-0.4, -0.2) is 42.4 Å². The molecule has 1 saturated heterocycles. The van der Waals surface area contributed by atoms with Crippen LogP contribution in [-0.2, 0) is 9.63 Å². The summed E-state index contributed by atoms with van der Waals surface area (Å²) in [6.45, 7) is 1.74. The Labute approximate surface area is 83.8 Å². The van der Waals surface area contributed by atoms with Crippen LogP contribution < -0.4 is 5.73 Å². The average Bonchev–Trinajstić information content (AvgIpc) is 2.19. The number of rotatable bonds is 4. The molecule has 0 aromatic heterocycles. The van der Waals surface area contributed by atoms with Crippen molar-refractivity contribution in [1.29, 1.82) is 0 Å². The summed E-state index contributed by atoms with van der Waals surface area (Å²) in [6, 6.07) is -0.714. The Morgan fingerprint density at radius 3 is 2.64 bits per heavy atom. The van der Waals surface area contributed by atoms with Crippen molar-refractivity contribution in [3.8, 4) is 0 Å². The lowest BCUT2D eigenvalue weighted by atomic mass is 9.91. The lowest BCUT2D eigenvalue weighted by molar-refractivity contribution is -0.150. The third-order valence-corrected chi connectivity index (χ3v) is 2.74. The fourth-order valence-electron chi connectivity index (χ4n) is 1.79. The quantitative estimate of drug-likeness (QED) is 0.674. The normalized spacial score (nSPS) is 22.1. The summed E-state index contributed by atoms with van der Waals surface area (Å²) in [5.74, 6) is -0.480. The zero-order valence-electron chi connectivity index (χ0n) is 8.48. The first-order valence-electron chi connectivity index (χ1n) is 4.91. The summed E-state index contributed by atoms with van der Waals surface area (Å²) in [6.07, 6.45) is 2.51. The van der Waals surface area contributed by atoms with E-state index in [1.54, 1.807) is 7.11 Å². The van der Waals surface area contributed by atoms with Crippen LogP contribution in [0.25, 0.3) is 0 Å². The Bertz CT molecular complexity index is 190. The third-order valence-electron chi connectivity index (χ3n) is 2.74. The molecule has 0 aromatic carbocycles. The van der Waals surface area contributed by atoms with Gasteiger partial charge in [-0.3, -0.25) is 4.79 Å². The minimum absolute atomic E-state index is 0.424. The highest BCUT2D eigenvalue weighted by Gasteiger charge is 2.23. The Hall–Kier alpha value is -0.650. The van der Waals surface area contributed by atoms with E-state index in [9.17, 15) is 4.79 Å². The van der Waals surface area contributed by atoms with E-state index in [2.05, 4.69) is 0 Å². The van der Waals surface area contributed by atoms with Gasteiger partial charge >= 0.3 is 5.97 Å². The standard InChI is InChI=1S/C9H18N2O3/c1-14-11-4-2-7(3-5-11)6-8(10)9(12)13/h7-8H,2-6,10H2,1H3,(H,12,13). The monoisotopic (exact) mass is 202 g/mol. The number of carbonyl (C=O) groups is 1. The maximum atomic E-state index is 10.5. The minimum Gasteiger partial charge on any atom is -0.480 e. The highest BCUT2D eigenvalue weighted by atomic mass is 16.7. The highest BCUT2D eigenvalue weighted by molar-refractivity contribution is 5.73. The fraction of sp³-hybridized carbons (Fsp3) is 0.889. The van der Waals surface area contributed by atoms with Crippen LogP contribution in [0.3, 0.4) is 0 Å². The van der Waals surface area contributed by atoms with Crippen LogP contribution in [0.1, 0.15) is 19.3 Å². The molecule has 82 valence electrons. The van der Waals surface area contributed by atoms with Crippen LogP contribution in [0.4, 0.5) is 0 Å². The second-order valence-corrected chi connectivity index (χ2v) is 3.74. The van der Waals surface area contributed by atoms with Crippen molar-refractivity contribution in [2.24, 2.45) is 11.7 Å². The summed E-state index contributed by atoms with van der Waals surface area (Å²) in [5.41, 5.74) is 5.47. The Kier molecular flexibility index (Phi) is 4.31. The number of hydrogen-bond donors (Lipinski definition) is 2. The van der Waals surface area contributed by atoms with Gasteiger partial charge in [-0.2, -0.15) is 5.06 Å². The molecule has 0 aliphatic carbocycles. The molecule has 0 spiro atoms. The molecule has 1 atom stereocenters. The van der Waals surface area contributed by atoms with Crippen molar-refractivity contribution >= 4 is 5.97 Å². The predicted molar refractivity (Wildman–Crippen MR) is 51.5 cm³/mol. The first-order valence-corrected chi connectivity index (χ1v) is 4.91. The van der Waals surface area contributed by atoms with Gasteiger partial charge in [0.05, 0.1) is 7.11 Å². The molecule has 0 aromatic rings. The van der Waals surface area contributed by atoms with E-state index in [0.29, 0.717) is 12.3 Å². The largest absolute Gasteiger partial charge is 0.480 e. The predicted octanol–water partition coefficient (Wildman–Crippen LogP) is 0.0618. The van der Waals surface area contributed by atoms with Crippen molar-refractivity contribution in [3.05, 3.63) is 0 Å². The van der Waals surface area contributed by atoms with Gasteiger partial charge in [0.2, 0.25) is 0 Å². The van der Waals surface area contributed by atoms with Gasteiger partial charge in [-0.15, -0.1) is 0 Å². The number of piperidine rings is 1. The molecule has 1 unspecified atom stereocenters. The summed E-state index contributed by atoms with van der Waals surface area (Å²) in [5, 5.41) is 10.5. The van der Waals surface area contributed by atoms with E-state index in [1.165, 1.54) is 0 Å². The second-order valence-electron chi connectivity index (χ2n) is 3.74. The van der Waals surface area contributed by atoms with Crippen LogP contribution in [0.15, 0.2) is 0 Å². The maximum Gasteiger partial charge on any atom is 0.320 e. The second kappa shape index (κ2) is 5.29. The van der Waals surface area contributed by atoms with E-state index in [-0.39, 0.29) is 0 Å². The van der Waals surface area contributed by atoms with E-state index in [1.807, 2.05) is 5.06 Å². The Morgan fingerprint density at radius 2 is 2.21 bits per heavy atom. The van der Waals surface area contributed by atoms with Gasteiger partial charge in [0, 0.05) is 13.1 Å². The molecule has 1 fully saturated rings. The van der Waals surface area contributed by atoms with Crippen molar-refractivity contribution in [2.75, 3.05) is 20.2 Å². The molecule has 1 rings (SSSR count). The van der Waals surface area contributed by atoms with Gasteiger partial charge in [-0.05, 0) is 25.2 Å². The molecule has 1 aliphatic rings. The number of hydroxylamine groups is 2. The smallest absolute Gasteiger partial charge is 0.320 e. The lowest BCUT2D eigenvalue weighted by Gasteiger charge is -2.30. The average molecular weight is 202 g/mol. The molecule has 5 heteroatoms. The zero-order valence-corrected chi connectivity index (χ0v) is 8.48. The Morgan fingerprint density at radius 1 is 1.64 bits per heavy atom. The highest BCUT2D eigenvalue weighted by Crippen LogP contribution is 2.21. The van der Waals surface area contributed by atoms with Gasteiger partial charge < -0.3 is 15.7 Å². The molecule has 3 N–H and O–H groups in total. The van der Waals surface area contributed by atoms with E-state index in [4.69, 9.17) is 15.7 Å². The number of carboxylic acid groups (broad SMARTS) is 1. The molecule has 0 bridgehead atoms. The molecule has 0 saturated carbocycles. The van der Waals surface area contributed by atoms with Crippen LogP contribution >= 0.6 is 0 Å².